The molecule has 300 valence electrons. The predicted octanol–water partition coefficient (Wildman–Crippen LogP) is 4.39. The number of nitrogens with zero attached hydrogens (tertiary/aromatic N) is 7. The van der Waals surface area contributed by atoms with Crippen LogP contribution in [0.15, 0.2) is 48.5 Å². The van der Waals surface area contributed by atoms with E-state index in [9.17, 15) is 24.0 Å². The van der Waals surface area contributed by atoms with Gasteiger partial charge in [0, 0.05) is 70.0 Å². The molecule has 3 aromatic rings. The van der Waals surface area contributed by atoms with Gasteiger partial charge in [0.1, 0.15) is 23.7 Å². The van der Waals surface area contributed by atoms with Crippen LogP contribution in [0.1, 0.15) is 93.7 Å². The van der Waals surface area contributed by atoms with Crippen LogP contribution in [-0.4, -0.2) is 113 Å². The Kier molecular flexibility index (Phi) is 10.3. The number of carbonyl (C=O) groups excluding carboxylic acids is 5. The van der Waals surface area contributed by atoms with Crippen LogP contribution in [0.3, 0.4) is 0 Å². The standard InChI is InChI=1S/C43H45ClN8O6/c44-35-22-31(5-1-27(35)23-45)58-30-6-2-28(3-7-30)51-25-36-33(41(51)55)9-11-38(46-36)50-19-17-48(18-20-50)24-26-13-15-49(16-14-26)29-4-8-32-34(21-29)43(57)52(42(32)56)37-10-12-39(53)47-40(37)54/h1,4-5,8-9,11,21-22,26,28,30,37H,2-3,6-7,10,12-20,24-25H2,(H,47,53,54)/t28-,30-,37?. The average molecular weight is 805 g/mol. The van der Waals surface area contributed by atoms with Crippen LogP contribution in [0.2, 0.25) is 5.02 Å². The summed E-state index contributed by atoms with van der Waals surface area (Å²) in [5.41, 5.74) is 3.49. The molecule has 1 aliphatic carbocycles. The molecule has 6 aliphatic rings. The first-order chi connectivity index (χ1) is 28.1. The number of pyridine rings is 1. The summed E-state index contributed by atoms with van der Waals surface area (Å²) in [4.78, 5) is 79.2. The molecule has 1 unspecified atom stereocenters. The molecule has 3 saturated heterocycles. The zero-order valence-corrected chi connectivity index (χ0v) is 33.0. The number of imide groups is 2. The van der Waals surface area contributed by atoms with Crippen molar-refractivity contribution < 1.29 is 28.7 Å². The first-order valence-corrected chi connectivity index (χ1v) is 20.8. The summed E-state index contributed by atoms with van der Waals surface area (Å²) in [6.07, 6.45) is 5.68. The summed E-state index contributed by atoms with van der Waals surface area (Å²) in [7, 11) is 0. The number of rotatable bonds is 8. The Morgan fingerprint density at radius 2 is 1.52 bits per heavy atom. The topological polar surface area (TPSA) is 159 Å². The maximum absolute atomic E-state index is 13.5. The number of nitrogens with one attached hydrogen (secondary N) is 1. The Morgan fingerprint density at radius 3 is 2.24 bits per heavy atom. The van der Waals surface area contributed by atoms with E-state index in [1.54, 1.807) is 30.3 Å². The third-order valence-electron chi connectivity index (χ3n) is 12.8. The minimum absolute atomic E-state index is 0.0389. The van der Waals surface area contributed by atoms with Crippen LogP contribution >= 0.6 is 11.6 Å². The molecule has 6 heterocycles. The molecule has 1 N–H and O–H groups in total. The summed E-state index contributed by atoms with van der Waals surface area (Å²) >= 11 is 6.19. The summed E-state index contributed by atoms with van der Waals surface area (Å²) < 4.78 is 6.17. The molecule has 15 heteroatoms. The smallest absolute Gasteiger partial charge is 0.262 e. The number of fused-ring (bicyclic) bond motifs is 2. The van der Waals surface area contributed by atoms with E-state index in [0.717, 1.165) is 106 Å². The molecule has 9 rings (SSSR count). The Bertz CT molecular complexity index is 2220. The van der Waals surface area contributed by atoms with E-state index in [1.807, 2.05) is 23.1 Å². The van der Waals surface area contributed by atoms with E-state index in [2.05, 4.69) is 26.1 Å². The number of halogens is 1. The van der Waals surface area contributed by atoms with Gasteiger partial charge in [-0.05, 0) is 93.3 Å². The second-order valence-electron chi connectivity index (χ2n) is 16.3. The van der Waals surface area contributed by atoms with Gasteiger partial charge in [-0.25, -0.2) is 4.98 Å². The SMILES string of the molecule is N#Cc1ccc(O[C@H]2CC[C@H](N3Cc4nc(N5CCN(CC6CCN(c7ccc8c(c7)C(=O)N(C7CCC(=O)NC7=O)C8=O)CC6)CC5)ccc4C3=O)CC2)cc1Cl. The van der Waals surface area contributed by atoms with Gasteiger partial charge in [0.05, 0.1) is 45.6 Å². The fourth-order valence-electron chi connectivity index (χ4n) is 9.55. The lowest BCUT2D eigenvalue weighted by Gasteiger charge is -2.39. The number of piperidine rings is 2. The van der Waals surface area contributed by atoms with Gasteiger partial charge in [0.2, 0.25) is 11.8 Å². The lowest BCUT2D eigenvalue weighted by Crippen LogP contribution is -2.54. The first kappa shape index (κ1) is 38.0. The molecule has 0 radical (unpaired) electrons. The van der Waals surface area contributed by atoms with Gasteiger partial charge in [-0.1, -0.05) is 11.6 Å². The highest BCUT2D eigenvalue weighted by Gasteiger charge is 2.45. The van der Waals surface area contributed by atoms with Crippen LogP contribution in [0.4, 0.5) is 11.5 Å². The van der Waals surface area contributed by atoms with E-state index in [4.69, 9.17) is 26.6 Å². The van der Waals surface area contributed by atoms with E-state index in [0.29, 0.717) is 45.5 Å². The number of hydrogen-bond donors (Lipinski definition) is 1. The minimum atomic E-state index is -0.972. The van der Waals surface area contributed by atoms with Gasteiger partial charge in [0.15, 0.2) is 0 Å². The number of anilines is 2. The number of hydrogen-bond acceptors (Lipinski definition) is 11. The highest BCUT2D eigenvalue weighted by atomic mass is 35.5. The Labute approximate surface area is 341 Å². The largest absolute Gasteiger partial charge is 0.490 e. The molecular weight excluding hydrogens is 760 g/mol. The van der Waals surface area contributed by atoms with Gasteiger partial charge < -0.3 is 19.4 Å². The normalized spacial score (nSPS) is 24.2. The third-order valence-corrected chi connectivity index (χ3v) is 13.1. The van der Waals surface area contributed by atoms with Crippen LogP contribution in [0, 0.1) is 17.2 Å². The number of ether oxygens (including phenoxy) is 1. The number of nitriles is 1. The zero-order valence-electron chi connectivity index (χ0n) is 32.2. The summed E-state index contributed by atoms with van der Waals surface area (Å²) in [5, 5.41) is 11.8. The van der Waals surface area contributed by atoms with Crippen LogP contribution in [-0.2, 0) is 16.1 Å². The van der Waals surface area contributed by atoms with Gasteiger partial charge >= 0.3 is 0 Å². The van der Waals surface area contributed by atoms with Crippen molar-refractivity contribution in [3.05, 3.63) is 81.5 Å². The Morgan fingerprint density at radius 1 is 0.776 bits per heavy atom. The number of benzene rings is 2. The summed E-state index contributed by atoms with van der Waals surface area (Å²) in [6, 6.07) is 15.7. The van der Waals surface area contributed by atoms with Crippen molar-refractivity contribution in [2.75, 3.05) is 55.6 Å². The third kappa shape index (κ3) is 7.26. The minimum Gasteiger partial charge on any atom is -0.490 e. The molecule has 5 amide bonds. The Hall–Kier alpha value is -5.52. The fraction of sp³-hybridized carbons (Fsp3) is 0.465. The molecular formula is C43H45ClN8O6. The summed E-state index contributed by atoms with van der Waals surface area (Å²) in [6.45, 7) is 6.87. The van der Waals surface area contributed by atoms with Crippen molar-refractivity contribution in [2.45, 2.75) is 76.1 Å². The van der Waals surface area contributed by atoms with Gasteiger partial charge in [0.25, 0.3) is 17.7 Å². The van der Waals surface area contributed by atoms with Crippen LogP contribution in [0.25, 0.3) is 0 Å². The molecule has 14 nitrogen and oxygen atoms in total. The molecule has 1 saturated carbocycles. The Balaban J connectivity index is 0.730. The number of piperazine rings is 1. The van der Waals surface area contributed by atoms with E-state index in [1.165, 1.54) is 0 Å². The second kappa shape index (κ2) is 15.7. The molecule has 0 bridgehead atoms. The van der Waals surface area contributed by atoms with Crippen molar-refractivity contribution in [3.8, 4) is 11.8 Å². The van der Waals surface area contributed by atoms with Crippen molar-refractivity contribution in [2.24, 2.45) is 5.92 Å². The quantitative estimate of drug-likeness (QED) is 0.322. The maximum atomic E-state index is 13.5. The maximum Gasteiger partial charge on any atom is 0.262 e. The molecule has 2 aromatic carbocycles. The monoisotopic (exact) mass is 804 g/mol. The van der Waals surface area contributed by atoms with Crippen LogP contribution in [0.5, 0.6) is 5.75 Å². The van der Waals surface area contributed by atoms with Gasteiger partial charge in [-0.3, -0.25) is 39.1 Å². The van der Waals surface area contributed by atoms with Gasteiger partial charge in [-0.2, -0.15) is 5.26 Å². The summed E-state index contributed by atoms with van der Waals surface area (Å²) in [5.74, 6) is 0.230. The zero-order chi connectivity index (χ0) is 40.1. The number of carbonyl (C=O) groups is 5. The van der Waals surface area contributed by atoms with Crippen molar-refractivity contribution in [1.29, 1.82) is 5.26 Å². The van der Waals surface area contributed by atoms with E-state index >= 15 is 0 Å². The van der Waals surface area contributed by atoms with Gasteiger partial charge in [-0.15, -0.1) is 0 Å². The number of aromatic nitrogens is 1. The predicted molar refractivity (Wildman–Crippen MR) is 214 cm³/mol. The first-order valence-electron chi connectivity index (χ1n) is 20.4. The van der Waals surface area contributed by atoms with Crippen molar-refractivity contribution in [3.63, 3.8) is 0 Å². The van der Waals surface area contributed by atoms with E-state index < -0.39 is 29.7 Å². The van der Waals surface area contributed by atoms with Crippen molar-refractivity contribution >= 4 is 52.6 Å². The molecule has 1 atom stereocenters. The second-order valence-corrected chi connectivity index (χ2v) is 16.7. The average Bonchev–Trinajstić information content (AvgIpc) is 3.69. The molecule has 0 spiro atoms. The molecule has 58 heavy (non-hydrogen) atoms. The number of amides is 5. The van der Waals surface area contributed by atoms with E-state index in [-0.39, 0.29) is 30.9 Å². The highest BCUT2D eigenvalue weighted by molar-refractivity contribution is 6.31. The molecule has 4 fully saturated rings. The highest BCUT2D eigenvalue weighted by Crippen LogP contribution is 2.35. The fourth-order valence-corrected chi connectivity index (χ4v) is 9.76. The lowest BCUT2D eigenvalue weighted by atomic mass is 9.92. The molecule has 1 aromatic heterocycles. The molecule has 5 aliphatic heterocycles. The van der Waals surface area contributed by atoms with Crippen LogP contribution < -0.4 is 19.9 Å². The lowest BCUT2D eigenvalue weighted by molar-refractivity contribution is -0.136. The van der Waals surface area contributed by atoms with Crippen molar-refractivity contribution in [1.82, 2.24) is 25.0 Å².